The Bertz CT molecular complexity index is 1340. The van der Waals surface area contributed by atoms with Crippen molar-refractivity contribution in [3.05, 3.63) is 106 Å². The summed E-state index contributed by atoms with van der Waals surface area (Å²) >= 11 is -3.11. The molecular weight excluding hydrogens is 554 g/mol. The molecule has 4 aromatic carbocycles. The van der Waals surface area contributed by atoms with Crippen LogP contribution in [0.1, 0.15) is 33.4 Å². The van der Waals surface area contributed by atoms with E-state index >= 15 is 0 Å². The average Bonchev–Trinajstić information content (AvgIpc) is 3.07. The van der Waals surface area contributed by atoms with Crippen molar-refractivity contribution in [1.29, 1.82) is 0 Å². The molecule has 0 bridgehead atoms. The summed E-state index contributed by atoms with van der Waals surface area (Å²) < 4.78 is 0. The first kappa shape index (κ1) is 26.4. The third-order valence-corrected chi connectivity index (χ3v) is 5.97. The number of halogens is 4. The number of para-hydroxylation sites is 2. The van der Waals surface area contributed by atoms with Crippen molar-refractivity contribution in [2.24, 2.45) is 9.98 Å². The quantitative estimate of drug-likeness (QED) is 0.212. The van der Waals surface area contributed by atoms with Gasteiger partial charge in [-0.1, -0.05) is 72.8 Å². The molecule has 0 amide bonds. The van der Waals surface area contributed by atoms with Gasteiger partial charge in [0, 0.05) is 16.5 Å². The van der Waals surface area contributed by atoms with Crippen molar-refractivity contribution < 1.29 is 12.3 Å². The predicted octanol–water partition coefficient (Wildman–Crippen LogP) is 10.1. The molecule has 0 aromatic heterocycles. The predicted molar refractivity (Wildman–Crippen MR) is 152 cm³/mol. The molecule has 0 saturated heterocycles. The Labute approximate surface area is 225 Å². The Balaban J connectivity index is 0.000000527. The molecule has 0 atom stereocenters. The van der Waals surface area contributed by atoms with Gasteiger partial charge >= 0.3 is 49.6 Å². The van der Waals surface area contributed by atoms with E-state index in [1.165, 1.54) is 33.0 Å². The first-order valence-corrected chi connectivity index (χ1v) is 19.7. The van der Waals surface area contributed by atoms with Gasteiger partial charge in [-0.2, -0.15) is 0 Å². The van der Waals surface area contributed by atoms with Gasteiger partial charge in [0.25, 0.3) is 0 Å². The van der Waals surface area contributed by atoms with E-state index in [-0.39, 0.29) is 0 Å². The molecule has 5 rings (SSSR count). The summed E-state index contributed by atoms with van der Waals surface area (Å²) in [5, 5.41) is 2.47. The van der Waals surface area contributed by atoms with Gasteiger partial charge in [-0.3, -0.25) is 0 Å². The van der Waals surface area contributed by atoms with Crippen molar-refractivity contribution in [2.45, 2.75) is 27.7 Å². The second kappa shape index (κ2) is 10.8. The molecule has 0 spiro atoms. The van der Waals surface area contributed by atoms with Crippen LogP contribution in [0.2, 0.25) is 0 Å². The fourth-order valence-corrected chi connectivity index (χ4v) is 4.40. The monoisotopic (exact) mass is 576 g/mol. The number of rotatable bonds is 2. The van der Waals surface area contributed by atoms with Crippen molar-refractivity contribution in [3.8, 4) is 0 Å². The van der Waals surface area contributed by atoms with E-state index in [2.05, 4.69) is 100 Å². The summed E-state index contributed by atoms with van der Waals surface area (Å²) in [5.41, 5.74) is 11.0. The summed E-state index contributed by atoms with van der Waals surface area (Å²) in [6.07, 6.45) is 0. The van der Waals surface area contributed by atoms with E-state index in [1.807, 2.05) is 0 Å². The zero-order valence-corrected chi connectivity index (χ0v) is 24.4. The van der Waals surface area contributed by atoms with E-state index < -0.39 is 12.3 Å². The summed E-state index contributed by atoms with van der Waals surface area (Å²) in [6, 6.07) is 25.6. The molecule has 0 fully saturated rings. The molecule has 1 aliphatic carbocycles. The van der Waals surface area contributed by atoms with Gasteiger partial charge in [0.15, 0.2) is 0 Å². The van der Waals surface area contributed by atoms with Crippen LogP contribution >= 0.6 is 37.2 Å². The molecule has 0 N–H and O–H groups in total. The zero-order chi connectivity index (χ0) is 25.3. The second-order valence-electron chi connectivity index (χ2n) is 8.54. The van der Waals surface area contributed by atoms with Gasteiger partial charge < -0.3 is 0 Å². The summed E-state index contributed by atoms with van der Waals surface area (Å²) in [7, 11) is 20.1. The van der Waals surface area contributed by atoms with Crippen LogP contribution in [0.3, 0.4) is 0 Å². The van der Waals surface area contributed by atoms with Crippen LogP contribution < -0.4 is 0 Å². The SMILES string of the molecule is Cc1cccc(C)c1N=C1C(=Nc2c(C)cccc2C)c2cccc3cccc1c23.[Cl][Ti]([Cl])([Cl])[Cl]. The molecule has 1 aliphatic rings. The number of nitrogens with zero attached hydrogens (tertiary/aromatic N) is 2. The van der Waals surface area contributed by atoms with Gasteiger partial charge in [0.05, 0.1) is 22.8 Å². The normalized spacial score (nSPS) is 15.0. The third kappa shape index (κ3) is 6.02. The molecule has 2 nitrogen and oxygen atoms in total. The van der Waals surface area contributed by atoms with E-state index in [0.717, 1.165) is 33.9 Å². The molecule has 0 heterocycles. The molecule has 0 radical (unpaired) electrons. The Kier molecular flexibility index (Phi) is 8.13. The fourth-order valence-electron chi connectivity index (χ4n) is 4.40. The summed E-state index contributed by atoms with van der Waals surface area (Å²) in [4.78, 5) is 10.4. The van der Waals surface area contributed by atoms with Gasteiger partial charge in [0.2, 0.25) is 0 Å². The van der Waals surface area contributed by atoms with Crippen molar-refractivity contribution in [2.75, 3.05) is 0 Å². The van der Waals surface area contributed by atoms with Crippen molar-refractivity contribution >= 4 is 70.8 Å². The number of benzene rings is 4. The molecular formula is C28H24Cl4N2Ti. The Morgan fingerprint density at radius 1 is 0.514 bits per heavy atom. The van der Waals surface area contributed by atoms with Gasteiger partial charge in [0.1, 0.15) is 0 Å². The molecule has 35 heavy (non-hydrogen) atoms. The molecule has 0 aliphatic heterocycles. The molecule has 0 unspecified atom stereocenters. The zero-order valence-electron chi connectivity index (χ0n) is 19.8. The van der Waals surface area contributed by atoms with Gasteiger partial charge in [-0.25, -0.2) is 9.98 Å². The van der Waals surface area contributed by atoms with Crippen molar-refractivity contribution in [1.82, 2.24) is 0 Å². The third-order valence-electron chi connectivity index (χ3n) is 5.97. The van der Waals surface area contributed by atoms with E-state index in [1.54, 1.807) is 0 Å². The van der Waals surface area contributed by atoms with Crippen LogP contribution in [0.5, 0.6) is 0 Å². The summed E-state index contributed by atoms with van der Waals surface area (Å²) in [6.45, 7) is 8.49. The van der Waals surface area contributed by atoms with E-state index in [0.29, 0.717) is 0 Å². The van der Waals surface area contributed by atoms with Crippen LogP contribution in [0.15, 0.2) is 82.8 Å². The summed E-state index contributed by atoms with van der Waals surface area (Å²) in [5.74, 6) is 0. The maximum absolute atomic E-state index is 5.22. The van der Waals surface area contributed by atoms with Crippen LogP contribution in [0.25, 0.3) is 10.8 Å². The Morgan fingerprint density at radius 3 is 1.17 bits per heavy atom. The second-order valence-corrected chi connectivity index (χ2v) is 24.0. The standard InChI is InChI=1S/C28H24N2.4ClH.Ti/c1-17-9-5-10-18(2)25(17)29-27-22-15-7-13-21-14-8-16-23(24(21)22)28(27)30-26-19(3)11-6-12-20(26)4;;;;;/h5-16H,1-4H3;4*1H;/q;;;;;+4/p-4. The number of aryl methyl sites for hydroxylation is 4. The number of hydrogen-bond donors (Lipinski definition) is 0. The van der Waals surface area contributed by atoms with Crippen LogP contribution in [-0.2, 0) is 12.3 Å². The Morgan fingerprint density at radius 2 is 0.829 bits per heavy atom. The van der Waals surface area contributed by atoms with Gasteiger partial charge in [-0.15, -0.1) is 0 Å². The fraction of sp³-hybridized carbons (Fsp3) is 0.143. The van der Waals surface area contributed by atoms with Crippen molar-refractivity contribution in [3.63, 3.8) is 0 Å². The van der Waals surface area contributed by atoms with Crippen LogP contribution in [-0.4, -0.2) is 11.4 Å². The minimum absolute atomic E-state index is 0.960. The van der Waals surface area contributed by atoms with Crippen LogP contribution in [0, 0.1) is 27.7 Å². The first-order chi connectivity index (χ1) is 16.5. The molecule has 7 heteroatoms. The number of aliphatic imine (C=N–C) groups is 2. The first-order valence-electron chi connectivity index (χ1n) is 11.1. The van der Waals surface area contributed by atoms with E-state index in [4.69, 9.17) is 47.2 Å². The topological polar surface area (TPSA) is 24.7 Å². The van der Waals surface area contributed by atoms with Gasteiger partial charge in [-0.05, 0) is 55.3 Å². The maximum atomic E-state index is 5.22. The van der Waals surface area contributed by atoms with E-state index in [9.17, 15) is 0 Å². The minimum atomic E-state index is -3.11. The number of hydrogen-bond acceptors (Lipinski definition) is 2. The Hall–Kier alpha value is -1.65. The molecule has 178 valence electrons. The van der Waals surface area contributed by atoms with Crippen LogP contribution in [0.4, 0.5) is 11.4 Å². The molecule has 4 aromatic rings. The average molecular weight is 578 g/mol. The molecule has 0 saturated carbocycles.